The number of carbonyl (C=O) groups is 1. The third-order valence-electron chi connectivity index (χ3n) is 4.47. The fourth-order valence-corrected chi connectivity index (χ4v) is 2.86. The standard InChI is InChI=1S/C17H27N3O/c1-13(2)19-9-11-20(12-10-19)17(21)14(3)16(18)15-7-5-4-6-8-15/h4-8,13-14,16H,9-12,18H2,1-3H3. The molecule has 0 spiro atoms. The van der Waals surface area contributed by atoms with Gasteiger partial charge in [-0.05, 0) is 19.4 Å². The molecule has 1 heterocycles. The van der Waals surface area contributed by atoms with Gasteiger partial charge in [0.2, 0.25) is 5.91 Å². The molecule has 2 rings (SSSR count). The van der Waals surface area contributed by atoms with Crippen LogP contribution in [-0.4, -0.2) is 47.9 Å². The highest BCUT2D eigenvalue weighted by molar-refractivity contribution is 5.79. The van der Waals surface area contributed by atoms with E-state index < -0.39 is 0 Å². The van der Waals surface area contributed by atoms with Gasteiger partial charge < -0.3 is 10.6 Å². The second-order valence-corrected chi connectivity index (χ2v) is 6.18. The smallest absolute Gasteiger partial charge is 0.227 e. The van der Waals surface area contributed by atoms with E-state index in [9.17, 15) is 4.79 Å². The highest BCUT2D eigenvalue weighted by Gasteiger charge is 2.29. The first-order chi connectivity index (χ1) is 10.0. The molecule has 116 valence electrons. The molecule has 2 N–H and O–H groups in total. The molecule has 0 radical (unpaired) electrons. The molecule has 2 atom stereocenters. The topological polar surface area (TPSA) is 49.6 Å². The molecule has 1 saturated heterocycles. The van der Waals surface area contributed by atoms with Crippen LogP contribution >= 0.6 is 0 Å². The van der Waals surface area contributed by atoms with E-state index >= 15 is 0 Å². The lowest BCUT2D eigenvalue weighted by Crippen LogP contribution is -2.52. The van der Waals surface area contributed by atoms with Crippen molar-refractivity contribution in [3.05, 3.63) is 35.9 Å². The van der Waals surface area contributed by atoms with Crippen LogP contribution in [0.3, 0.4) is 0 Å². The first-order valence-electron chi connectivity index (χ1n) is 7.84. The van der Waals surface area contributed by atoms with E-state index in [4.69, 9.17) is 5.73 Å². The maximum Gasteiger partial charge on any atom is 0.227 e. The maximum atomic E-state index is 12.6. The van der Waals surface area contributed by atoms with Gasteiger partial charge in [0, 0.05) is 38.3 Å². The van der Waals surface area contributed by atoms with E-state index in [0.29, 0.717) is 6.04 Å². The minimum absolute atomic E-state index is 0.176. The van der Waals surface area contributed by atoms with Gasteiger partial charge in [-0.25, -0.2) is 0 Å². The molecule has 1 amide bonds. The molecular formula is C17H27N3O. The van der Waals surface area contributed by atoms with E-state index in [-0.39, 0.29) is 17.9 Å². The van der Waals surface area contributed by atoms with Crippen molar-refractivity contribution in [2.24, 2.45) is 11.7 Å². The van der Waals surface area contributed by atoms with E-state index in [1.165, 1.54) is 0 Å². The van der Waals surface area contributed by atoms with Gasteiger partial charge in [-0.2, -0.15) is 0 Å². The summed E-state index contributed by atoms with van der Waals surface area (Å²) in [6.07, 6.45) is 0. The zero-order chi connectivity index (χ0) is 15.4. The lowest BCUT2D eigenvalue weighted by Gasteiger charge is -2.38. The van der Waals surface area contributed by atoms with Crippen molar-refractivity contribution >= 4 is 5.91 Å². The number of amides is 1. The van der Waals surface area contributed by atoms with Gasteiger partial charge in [0.15, 0.2) is 0 Å². The third-order valence-corrected chi connectivity index (χ3v) is 4.47. The number of nitrogens with two attached hydrogens (primary N) is 1. The first-order valence-corrected chi connectivity index (χ1v) is 7.84. The Kier molecular flexibility index (Phi) is 5.37. The largest absolute Gasteiger partial charge is 0.340 e. The molecule has 1 aliphatic rings. The molecule has 1 aliphatic heterocycles. The van der Waals surface area contributed by atoms with Crippen LogP contribution in [0.1, 0.15) is 32.4 Å². The van der Waals surface area contributed by atoms with Crippen LogP contribution in [0.5, 0.6) is 0 Å². The number of hydrogen-bond donors (Lipinski definition) is 1. The van der Waals surface area contributed by atoms with Crippen molar-refractivity contribution in [1.29, 1.82) is 0 Å². The van der Waals surface area contributed by atoms with E-state index in [0.717, 1.165) is 31.7 Å². The van der Waals surface area contributed by atoms with Crippen molar-refractivity contribution in [3.8, 4) is 0 Å². The van der Waals surface area contributed by atoms with Crippen LogP contribution in [0.4, 0.5) is 0 Å². The fourth-order valence-electron chi connectivity index (χ4n) is 2.86. The van der Waals surface area contributed by atoms with E-state index in [2.05, 4.69) is 18.7 Å². The normalized spacial score (nSPS) is 19.6. The minimum atomic E-state index is -0.234. The zero-order valence-corrected chi connectivity index (χ0v) is 13.3. The Hall–Kier alpha value is -1.39. The van der Waals surface area contributed by atoms with Crippen molar-refractivity contribution in [2.75, 3.05) is 26.2 Å². The Morgan fingerprint density at radius 3 is 2.14 bits per heavy atom. The summed E-state index contributed by atoms with van der Waals surface area (Å²) in [6, 6.07) is 10.2. The molecule has 2 unspecified atom stereocenters. The maximum absolute atomic E-state index is 12.6. The quantitative estimate of drug-likeness (QED) is 0.920. The van der Waals surface area contributed by atoms with Crippen LogP contribution in [0.15, 0.2) is 30.3 Å². The lowest BCUT2D eigenvalue weighted by molar-refractivity contribution is -0.137. The number of rotatable bonds is 4. The molecule has 1 aromatic carbocycles. The Balaban J connectivity index is 1.94. The van der Waals surface area contributed by atoms with Crippen LogP contribution in [0.2, 0.25) is 0 Å². The molecule has 0 aromatic heterocycles. The molecule has 1 fully saturated rings. The number of hydrogen-bond acceptors (Lipinski definition) is 3. The van der Waals surface area contributed by atoms with Crippen LogP contribution in [-0.2, 0) is 4.79 Å². The second-order valence-electron chi connectivity index (χ2n) is 6.18. The fraction of sp³-hybridized carbons (Fsp3) is 0.588. The van der Waals surface area contributed by atoms with Crippen LogP contribution in [0, 0.1) is 5.92 Å². The van der Waals surface area contributed by atoms with Crippen LogP contribution in [0.25, 0.3) is 0 Å². The summed E-state index contributed by atoms with van der Waals surface area (Å²) in [4.78, 5) is 17.0. The van der Waals surface area contributed by atoms with Crippen molar-refractivity contribution in [3.63, 3.8) is 0 Å². The number of carbonyl (C=O) groups excluding carboxylic acids is 1. The highest BCUT2D eigenvalue weighted by Crippen LogP contribution is 2.21. The second kappa shape index (κ2) is 7.05. The Morgan fingerprint density at radius 1 is 1.05 bits per heavy atom. The summed E-state index contributed by atoms with van der Waals surface area (Å²) in [5.41, 5.74) is 7.29. The average molecular weight is 289 g/mol. The summed E-state index contributed by atoms with van der Waals surface area (Å²) in [7, 11) is 0. The van der Waals surface area contributed by atoms with Gasteiger partial charge in [0.1, 0.15) is 0 Å². The van der Waals surface area contributed by atoms with Gasteiger partial charge in [-0.3, -0.25) is 9.69 Å². The van der Waals surface area contributed by atoms with Gasteiger partial charge in [0.25, 0.3) is 0 Å². The van der Waals surface area contributed by atoms with Gasteiger partial charge in [-0.15, -0.1) is 0 Å². The zero-order valence-electron chi connectivity index (χ0n) is 13.3. The van der Waals surface area contributed by atoms with E-state index in [1.807, 2.05) is 42.2 Å². The summed E-state index contributed by atoms with van der Waals surface area (Å²) >= 11 is 0. The molecule has 21 heavy (non-hydrogen) atoms. The molecule has 0 bridgehead atoms. The average Bonchev–Trinajstić information content (AvgIpc) is 2.53. The van der Waals surface area contributed by atoms with Gasteiger partial charge in [0.05, 0.1) is 5.92 Å². The summed E-state index contributed by atoms with van der Waals surface area (Å²) < 4.78 is 0. The van der Waals surface area contributed by atoms with Gasteiger partial charge >= 0.3 is 0 Å². The molecule has 4 nitrogen and oxygen atoms in total. The molecular weight excluding hydrogens is 262 g/mol. The third kappa shape index (κ3) is 3.83. The summed E-state index contributed by atoms with van der Waals surface area (Å²) in [5.74, 6) is -0.00670. The summed E-state index contributed by atoms with van der Waals surface area (Å²) in [6.45, 7) is 9.87. The Labute approximate surface area is 127 Å². The van der Waals surface area contributed by atoms with Crippen molar-refractivity contribution < 1.29 is 4.79 Å². The van der Waals surface area contributed by atoms with Crippen LogP contribution < -0.4 is 5.73 Å². The van der Waals surface area contributed by atoms with E-state index in [1.54, 1.807) is 0 Å². The Bertz CT molecular complexity index is 452. The first kappa shape index (κ1) is 16.0. The molecule has 4 heteroatoms. The van der Waals surface area contributed by atoms with Crippen molar-refractivity contribution in [2.45, 2.75) is 32.9 Å². The van der Waals surface area contributed by atoms with Gasteiger partial charge in [-0.1, -0.05) is 37.3 Å². The molecule has 1 aromatic rings. The predicted octanol–water partition coefficient (Wildman–Crippen LogP) is 1.88. The number of piperazine rings is 1. The number of benzene rings is 1. The SMILES string of the molecule is CC(C(=O)N1CCN(C(C)C)CC1)C(N)c1ccccc1. The monoisotopic (exact) mass is 289 g/mol. The predicted molar refractivity (Wildman–Crippen MR) is 85.8 cm³/mol. The highest BCUT2D eigenvalue weighted by atomic mass is 16.2. The minimum Gasteiger partial charge on any atom is -0.340 e. The summed E-state index contributed by atoms with van der Waals surface area (Å²) in [5, 5.41) is 0. The Morgan fingerprint density at radius 2 is 1.62 bits per heavy atom. The van der Waals surface area contributed by atoms with Crippen molar-refractivity contribution in [1.82, 2.24) is 9.80 Å². The molecule has 0 saturated carbocycles. The lowest BCUT2D eigenvalue weighted by atomic mass is 9.94. The molecule has 0 aliphatic carbocycles. The number of nitrogens with zero attached hydrogens (tertiary/aromatic N) is 2.